The van der Waals surface area contributed by atoms with Crippen molar-refractivity contribution in [2.45, 2.75) is 167 Å². The third kappa shape index (κ3) is 31.8. The molecule has 0 rings (SSSR count). The predicted octanol–water partition coefficient (Wildman–Crippen LogP) is 14.3. The van der Waals surface area contributed by atoms with Crippen LogP contribution in [0.1, 0.15) is 142 Å². The van der Waals surface area contributed by atoms with Gasteiger partial charge in [0.15, 0.2) is 0 Å². The fraction of sp³-hybridized carbons (Fsp3) is 0.857. The molecule has 0 aliphatic carbocycles. The van der Waals surface area contributed by atoms with Gasteiger partial charge in [0.2, 0.25) is 0 Å². The van der Waals surface area contributed by atoms with E-state index < -0.39 is 35.9 Å². The molecule has 0 heterocycles. The van der Waals surface area contributed by atoms with Crippen molar-refractivity contribution in [3.05, 3.63) is 23.3 Å². The van der Waals surface area contributed by atoms with Crippen LogP contribution in [0.3, 0.4) is 0 Å². The molecule has 0 fully saturated rings. The average Bonchev–Trinajstić information content (AvgIpc) is 3.10. The van der Waals surface area contributed by atoms with Gasteiger partial charge in [-0.2, -0.15) is 52.7 Å². The van der Waals surface area contributed by atoms with Gasteiger partial charge in [-0.1, -0.05) is 64.5 Å². The van der Waals surface area contributed by atoms with Crippen LogP contribution in [0.25, 0.3) is 0 Å². The number of hydrogen-bond donors (Lipinski definition) is 0. The highest BCUT2D eigenvalue weighted by atomic mass is 31.1. The van der Waals surface area contributed by atoms with E-state index in [0.29, 0.717) is 25.7 Å². The number of carbonyl (C=O) groups is 2. The van der Waals surface area contributed by atoms with Crippen LogP contribution in [0.2, 0.25) is 0 Å². The zero-order chi connectivity index (χ0) is 45.8. The smallest absolute Gasteiger partial charge is 0.420 e. The Hall–Kier alpha value is -2.03. The average molecular weight is 910 g/mol. The first-order valence-electron chi connectivity index (χ1n) is 21.2. The molecular formula is C42H68F12NO4P. The van der Waals surface area contributed by atoms with E-state index in [1.54, 1.807) is 13.8 Å². The van der Waals surface area contributed by atoms with E-state index in [1.165, 1.54) is 24.9 Å². The number of nitrogens with zero attached hydrogens (tertiary/aromatic N) is 1. The lowest BCUT2D eigenvalue weighted by Crippen LogP contribution is -2.26. The summed E-state index contributed by atoms with van der Waals surface area (Å²) >= 11 is 0. The summed E-state index contributed by atoms with van der Waals surface area (Å²) in [6.07, 6.45) is -5.36. The molecule has 5 nitrogen and oxygen atoms in total. The SMILES string of the molecule is CC(CCC=C(C(F)(F)F)C(F)(F)F)CCOC(=O)CCCCCCCP(CCCCCCCC(=O)OCCC(C)CCC=C(C(F)(F)F)C(F)(F)F)CCCCN(C)C. The van der Waals surface area contributed by atoms with Crippen molar-refractivity contribution in [1.29, 1.82) is 0 Å². The maximum absolute atomic E-state index is 12.6. The van der Waals surface area contributed by atoms with Crippen LogP contribution in [-0.4, -0.2) is 93.9 Å². The Balaban J connectivity index is 4.25. The van der Waals surface area contributed by atoms with Gasteiger partial charge in [-0.3, -0.25) is 9.59 Å². The second kappa shape index (κ2) is 30.9. The lowest BCUT2D eigenvalue weighted by atomic mass is 10.0. The van der Waals surface area contributed by atoms with Crippen LogP contribution in [0, 0.1) is 11.8 Å². The highest BCUT2D eigenvalue weighted by Crippen LogP contribution is 2.41. The van der Waals surface area contributed by atoms with Gasteiger partial charge >= 0.3 is 36.6 Å². The molecule has 2 atom stereocenters. The third-order valence-corrected chi connectivity index (χ3v) is 12.9. The number of ether oxygens (including phenoxy) is 2. The van der Waals surface area contributed by atoms with Crippen LogP contribution in [-0.2, 0) is 19.1 Å². The molecule has 0 bridgehead atoms. The standard InChI is InChI=1S/C42H68F12NO4P/c1-33(19-17-21-35(39(43,44)45)40(46,47)48)25-28-58-37(56)23-11-7-5-9-14-30-60(32-16-13-27-55(3)4)31-15-10-6-8-12-24-38(57)59-29-26-34(2)20-18-22-36(41(49,50)51)42(52,53)54/h21-22,33-34H,5-20,23-32H2,1-4H3. The van der Waals surface area contributed by atoms with E-state index >= 15 is 0 Å². The highest BCUT2D eigenvalue weighted by Gasteiger charge is 2.51. The van der Waals surface area contributed by atoms with Crippen molar-refractivity contribution in [2.24, 2.45) is 11.8 Å². The molecule has 0 aliphatic heterocycles. The van der Waals surface area contributed by atoms with E-state index in [4.69, 9.17) is 9.47 Å². The van der Waals surface area contributed by atoms with Gasteiger partial charge in [0.05, 0.1) is 13.2 Å². The second-order valence-corrected chi connectivity index (χ2v) is 18.7. The molecule has 0 N–H and O–H groups in total. The maximum Gasteiger partial charge on any atom is 0.420 e. The zero-order valence-corrected chi connectivity index (χ0v) is 36.7. The summed E-state index contributed by atoms with van der Waals surface area (Å²) < 4.78 is 162. The van der Waals surface area contributed by atoms with E-state index in [9.17, 15) is 62.3 Å². The molecule has 0 aromatic rings. The summed E-state index contributed by atoms with van der Waals surface area (Å²) in [5, 5.41) is 0. The fourth-order valence-corrected chi connectivity index (χ4v) is 9.04. The number of rotatable bonds is 33. The van der Waals surface area contributed by atoms with Crippen molar-refractivity contribution in [2.75, 3.05) is 52.3 Å². The summed E-state index contributed by atoms with van der Waals surface area (Å²) in [5.41, 5.74) is -5.00. The zero-order valence-electron chi connectivity index (χ0n) is 35.8. The normalized spacial score (nSPS) is 14.2. The minimum atomic E-state index is -5.46. The second-order valence-electron chi connectivity index (χ2n) is 16.0. The van der Waals surface area contributed by atoms with Crippen molar-refractivity contribution in [1.82, 2.24) is 4.90 Å². The van der Waals surface area contributed by atoms with Gasteiger partial charge in [-0.25, -0.2) is 0 Å². The third-order valence-electron chi connectivity index (χ3n) is 10.0. The monoisotopic (exact) mass is 909 g/mol. The van der Waals surface area contributed by atoms with Gasteiger partial charge in [0.1, 0.15) is 11.1 Å². The van der Waals surface area contributed by atoms with Crippen molar-refractivity contribution in [3.63, 3.8) is 0 Å². The lowest BCUT2D eigenvalue weighted by Gasteiger charge is -2.18. The molecule has 0 saturated carbocycles. The number of hydrogen-bond acceptors (Lipinski definition) is 5. The molecule has 0 aliphatic rings. The van der Waals surface area contributed by atoms with Crippen LogP contribution in [0.15, 0.2) is 23.3 Å². The topological polar surface area (TPSA) is 55.8 Å². The number of alkyl halides is 12. The maximum atomic E-state index is 12.6. The molecular weight excluding hydrogens is 841 g/mol. The van der Waals surface area contributed by atoms with Gasteiger partial charge in [0, 0.05) is 12.8 Å². The summed E-state index contributed by atoms with van der Waals surface area (Å²) in [6.45, 7) is 4.56. The molecule has 0 amide bonds. The lowest BCUT2D eigenvalue weighted by molar-refractivity contribution is -0.173. The Morgan fingerprint density at radius 2 is 0.817 bits per heavy atom. The molecule has 0 aromatic heterocycles. The van der Waals surface area contributed by atoms with Crippen molar-refractivity contribution < 1.29 is 71.7 Å². The van der Waals surface area contributed by atoms with Crippen LogP contribution in [0.4, 0.5) is 52.7 Å². The van der Waals surface area contributed by atoms with Crippen molar-refractivity contribution >= 4 is 19.9 Å². The van der Waals surface area contributed by atoms with Gasteiger partial charge in [-0.05, 0) is 128 Å². The Bertz CT molecular complexity index is 1100. The Kier molecular flexibility index (Phi) is 29.9. The van der Waals surface area contributed by atoms with Gasteiger partial charge in [0.25, 0.3) is 0 Å². The summed E-state index contributed by atoms with van der Waals surface area (Å²) in [6, 6.07) is 0. The first-order valence-corrected chi connectivity index (χ1v) is 23.1. The number of halogens is 12. The van der Waals surface area contributed by atoms with E-state index in [2.05, 4.69) is 19.0 Å². The molecule has 0 aromatic carbocycles. The van der Waals surface area contributed by atoms with Crippen LogP contribution < -0.4 is 0 Å². The Morgan fingerprint density at radius 1 is 0.500 bits per heavy atom. The Morgan fingerprint density at radius 3 is 1.15 bits per heavy atom. The first-order chi connectivity index (χ1) is 27.8. The molecule has 0 spiro atoms. The quantitative estimate of drug-likeness (QED) is 0.0216. The number of unbranched alkanes of at least 4 members (excludes halogenated alkanes) is 9. The van der Waals surface area contributed by atoms with E-state index in [0.717, 1.165) is 64.3 Å². The van der Waals surface area contributed by atoms with Gasteiger partial charge < -0.3 is 14.4 Å². The number of carbonyl (C=O) groups excluding carboxylic acids is 2. The number of allylic oxidation sites excluding steroid dienone is 4. The Labute approximate surface area is 350 Å². The van der Waals surface area contributed by atoms with Crippen LogP contribution in [0.5, 0.6) is 0 Å². The minimum Gasteiger partial charge on any atom is -0.466 e. The molecule has 0 radical (unpaired) electrons. The minimum absolute atomic E-state index is 0.0657. The first kappa shape index (κ1) is 58.0. The van der Waals surface area contributed by atoms with Gasteiger partial charge in [-0.15, -0.1) is 7.92 Å². The summed E-state index contributed by atoms with van der Waals surface area (Å²) in [5.74, 6) is -1.16. The van der Waals surface area contributed by atoms with E-state index in [-0.39, 0.29) is 95.6 Å². The number of esters is 2. The molecule has 354 valence electrons. The summed E-state index contributed by atoms with van der Waals surface area (Å²) in [7, 11) is 4.03. The van der Waals surface area contributed by atoms with Crippen molar-refractivity contribution in [3.8, 4) is 0 Å². The molecule has 2 unspecified atom stereocenters. The highest BCUT2D eigenvalue weighted by molar-refractivity contribution is 7.57. The molecule has 18 heteroatoms. The predicted molar refractivity (Wildman–Crippen MR) is 213 cm³/mol. The molecule has 0 saturated heterocycles. The fourth-order valence-electron chi connectivity index (χ4n) is 6.36. The van der Waals surface area contributed by atoms with Crippen LogP contribution >= 0.6 is 7.92 Å². The van der Waals surface area contributed by atoms with E-state index in [1.807, 2.05) is 0 Å². The molecule has 60 heavy (non-hydrogen) atoms. The largest absolute Gasteiger partial charge is 0.466 e. The summed E-state index contributed by atoms with van der Waals surface area (Å²) in [4.78, 5) is 26.4.